The fourth-order valence-corrected chi connectivity index (χ4v) is 3.77. The lowest BCUT2D eigenvalue weighted by Crippen LogP contribution is -2.04. The van der Waals surface area contributed by atoms with Crippen LogP contribution in [0.1, 0.15) is 18.2 Å². The second-order valence-corrected chi connectivity index (χ2v) is 7.58. The molecule has 4 rings (SSSR count). The van der Waals surface area contributed by atoms with E-state index in [4.69, 9.17) is 16.6 Å². The Kier molecular flexibility index (Phi) is 4.83. The third-order valence-corrected chi connectivity index (χ3v) is 5.35. The minimum atomic E-state index is 0.630. The fourth-order valence-electron chi connectivity index (χ4n) is 2.80. The van der Waals surface area contributed by atoms with Gasteiger partial charge in [0.05, 0.1) is 9.21 Å². The smallest absolute Gasteiger partial charge is 0.179 e. The molecule has 0 amide bonds. The van der Waals surface area contributed by atoms with Crippen LogP contribution in [0.4, 0.5) is 11.5 Å². The highest BCUT2D eigenvalue weighted by atomic mass is 35.5. The third-order valence-electron chi connectivity index (χ3n) is 4.13. The first-order valence-corrected chi connectivity index (χ1v) is 9.58. The molecular formula is C18H16ClN7S. The molecule has 0 saturated heterocycles. The van der Waals surface area contributed by atoms with Crippen LogP contribution in [0, 0.1) is 6.92 Å². The molecule has 4 aromatic rings. The van der Waals surface area contributed by atoms with Gasteiger partial charge in [-0.2, -0.15) is 0 Å². The number of aryl methyl sites for hydroxylation is 1. The van der Waals surface area contributed by atoms with E-state index in [2.05, 4.69) is 37.8 Å². The molecule has 0 aliphatic carbocycles. The molecule has 136 valence electrons. The fraction of sp³-hybridized carbons (Fsp3) is 0.167. The zero-order chi connectivity index (χ0) is 18.8. The molecule has 0 spiro atoms. The van der Waals surface area contributed by atoms with Crippen molar-refractivity contribution in [3.05, 3.63) is 52.0 Å². The second-order valence-electron chi connectivity index (χ2n) is 5.87. The number of H-pyrrole nitrogens is 1. The average Bonchev–Trinajstić information content (AvgIpc) is 3.34. The van der Waals surface area contributed by atoms with Crippen molar-refractivity contribution in [1.29, 1.82) is 0 Å². The first-order valence-electron chi connectivity index (χ1n) is 8.38. The molecule has 27 heavy (non-hydrogen) atoms. The molecule has 3 heterocycles. The van der Waals surface area contributed by atoms with Crippen molar-refractivity contribution < 1.29 is 0 Å². The van der Waals surface area contributed by atoms with Crippen LogP contribution in [-0.4, -0.2) is 30.6 Å². The molecule has 1 aromatic carbocycles. The number of hydrogen-bond donors (Lipinski definition) is 2. The van der Waals surface area contributed by atoms with Gasteiger partial charge < -0.3 is 5.32 Å². The number of aromatic amines is 1. The standard InChI is InChI=1S/C18H16ClN7S/c1-3-13-10(2)20-18(14-8-9-15(19)27-14)22-17(13)21-12-6-4-11(5-7-12)16-23-25-26-24-16/h4-9H,3H2,1-2H3,(H,20,21,22)(H,23,24,25,26). The molecule has 2 N–H and O–H groups in total. The minimum Gasteiger partial charge on any atom is -0.340 e. The third kappa shape index (κ3) is 3.67. The maximum Gasteiger partial charge on any atom is 0.179 e. The van der Waals surface area contributed by atoms with Crippen molar-refractivity contribution in [3.8, 4) is 22.1 Å². The Hall–Kier alpha value is -2.84. The van der Waals surface area contributed by atoms with E-state index in [1.807, 2.05) is 43.3 Å². The van der Waals surface area contributed by atoms with E-state index in [9.17, 15) is 0 Å². The molecule has 0 radical (unpaired) electrons. The quantitative estimate of drug-likeness (QED) is 0.509. The van der Waals surface area contributed by atoms with Crippen LogP contribution in [0.3, 0.4) is 0 Å². The largest absolute Gasteiger partial charge is 0.340 e. The average molecular weight is 398 g/mol. The summed E-state index contributed by atoms with van der Waals surface area (Å²) in [4.78, 5) is 10.3. The summed E-state index contributed by atoms with van der Waals surface area (Å²) in [5.41, 5.74) is 3.88. The Morgan fingerprint density at radius 2 is 1.93 bits per heavy atom. The Morgan fingerprint density at radius 3 is 2.56 bits per heavy atom. The van der Waals surface area contributed by atoms with Gasteiger partial charge in [0.1, 0.15) is 5.82 Å². The topological polar surface area (TPSA) is 92.3 Å². The van der Waals surface area contributed by atoms with E-state index in [-0.39, 0.29) is 0 Å². The van der Waals surface area contributed by atoms with Crippen LogP contribution in [0.5, 0.6) is 0 Å². The highest BCUT2D eigenvalue weighted by Crippen LogP contribution is 2.31. The highest BCUT2D eigenvalue weighted by Gasteiger charge is 2.13. The van der Waals surface area contributed by atoms with E-state index in [1.165, 1.54) is 11.3 Å². The van der Waals surface area contributed by atoms with Crippen LogP contribution in [0.2, 0.25) is 4.34 Å². The Labute approximate surface area is 164 Å². The lowest BCUT2D eigenvalue weighted by Gasteiger charge is -2.13. The van der Waals surface area contributed by atoms with E-state index in [0.29, 0.717) is 11.6 Å². The Balaban J connectivity index is 1.67. The summed E-state index contributed by atoms with van der Waals surface area (Å²) in [6.45, 7) is 4.10. The lowest BCUT2D eigenvalue weighted by atomic mass is 10.1. The number of thiophene rings is 1. The first kappa shape index (κ1) is 17.6. The Morgan fingerprint density at radius 1 is 1.11 bits per heavy atom. The van der Waals surface area contributed by atoms with Crippen LogP contribution in [-0.2, 0) is 6.42 Å². The summed E-state index contributed by atoms with van der Waals surface area (Å²) in [7, 11) is 0. The van der Waals surface area contributed by atoms with Gasteiger partial charge in [-0.1, -0.05) is 18.5 Å². The number of nitrogens with one attached hydrogen (secondary N) is 2. The van der Waals surface area contributed by atoms with Gasteiger partial charge in [0.15, 0.2) is 11.6 Å². The summed E-state index contributed by atoms with van der Waals surface area (Å²) < 4.78 is 0.720. The summed E-state index contributed by atoms with van der Waals surface area (Å²) in [6.07, 6.45) is 0.835. The Bertz CT molecular complexity index is 1060. The summed E-state index contributed by atoms with van der Waals surface area (Å²) in [5, 5.41) is 17.3. The molecule has 0 unspecified atom stereocenters. The monoisotopic (exact) mass is 397 g/mol. The molecule has 0 fully saturated rings. The number of rotatable bonds is 5. The maximum absolute atomic E-state index is 6.07. The summed E-state index contributed by atoms with van der Waals surface area (Å²) >= 11 is 7.53. The number of anilines is 2. The SMILES string of the molecule is CCc1c(C)nc(-c2ccc(Cl)s2)nc1Nc1ccc(-c2nnn[nH]2)cc1. The van der Waals surface area contributed by atoms with Gasteiger partial charge in [-0.15, -0.1) is 16.4 Å². The van der Waals surface area contributed by atoms with Gasteiger partial charge in [-0.25, -0.2) is 15.1 Å². The number of nitrogens with zero attached hydrogens (tertiary/aromatic N) is 5. The van der Waals surface area contributed by atoms with E-state index < -0.39 is 0 Å². The van der Waals surface area contributed by atoms with Gasteiger partial charge in [-0.05, 0) is 60.2 Å². The van der Waals surface area contributed by atoms with Crippen molar-refractivity contribution >= 4 is 34.4 Å². The van der Waals surface area contributed by atoms with E-state index >= 15 is 0 Å². The van der Waals surface area contributed by atoms with Crippen molar-refractivity contribution in [2.75, 3.05) is 5.32 Å². The summed E-state index contributed by atoms with van der Waals surface area (Å²) in [5.74, 6) is 2.11. The number of aromatic nitrogens is 6. The lowest BCUT2D eigenvalue weighted by molar-refractivity contribution is 0.881. The van der Waals surface area contributed by atoms with Gasteiger partial charge in [-0.3, -0.25) is 0 Å². The van der Waals surface area contributed by atoms with Gasteiger partial charge in [0.2, 0.25) is 0 Å². The molecule has 0 aliphatic heterocycles. The highest BCUT2D eigenvalue weighted by molar-refractivity contribution is 7.19. The van der Waals surface area contributed by atoms with E-state index in [0.717, 1.165) is 44.0 Å². The van der Waals surface area contributed by atoms with Gasteiger partial charge in [0.25, 0.3) is 0 Å². The maximum atomic E-state index is 6.07. The van der Waals surface area contributed by atoms with Gasteiger partial charge in [0, 0.05) is 22.5 Å². The predicted octanol–water partition coefficient (Wildman–Crippen LogP) is 4.65. The van der Waals surface area contributed by atoms with Gasteiger partial charge >= 0.3 is 0 Å². The number of tetrazole rings is 1. The molecule has 9 heteroatoms. The van der Waals surface area contributed by atoms with Crippen molar-refractivity contribution in [1.82, 2.24) is 30.6 Å². The van der Waals surface area contributed by atoms with Crippen molar-refractivity contribution in [2.24, 2.45) is 0 Å². The van der Waals surface area contributed by atoms with Crippen LogP contribution < -0.4 is 5.32 Å². The second kappa shape index (κ2) is 7.42. The summed E-state index contributed by atoms with van der Waals surface area (Å²) in [6, 6.07) is 11.6. The van der Waals surface area contributed by atoms with Crippen molar-refractivity contribution in [2.45, 2.75) is 20.3 Å². The number of halogens is 1. The molecule has 0 bridgehead atoms. The molecule has 0 saturated carbocycles. The zero-order valence-electron chi connectivity index (χ0n) is 14.7. The van der Waals surface area contributed by atoms with E-state index in [1.54, 1.807) is 0 Å². The first-order chi connectivity index (χ1) is 13.1. The van der Waals surface area contributed by atoms with Crippen LogP contribution in [0.15, 0.2) is 36.4 Å². The van der Waals surface area contributed by atoms with Crippen LogP contribution in [0.25, 0.3) is 22.1 Å². The molecule has 3 aromatic heterocycles. The van der Waals surface area contributed by atoms with Crippen LogP contribution >= 0.6 is 22.9 Å². The number of benzene rings is 1. The molecule has 7 nitrogen and oxygen atoms in total. The predicted molar refractivity (Wildman–Crippen MR) is 107 cm³/mol. The molecular weight excluding hydrogens is 382 g/mol. The minimum absolute atomic E-state index is 0.630. The zero-order valence-corrected chi connectivity index (χ0v) is 16.3. The van der Waals surface area contributed by atoms with Crippen molar-refractivity contribution in [3.63, 3.8) is 0 Å². The molecule has 0 aliphatic rings. The number of hydrogen-bond acceptors (Lipinski definition) is 7. The normalized spacial score (nSPS) is 10.9. The molecule has 0 atom stereocenters.